The lowest BCUT2D eigenvalue weighted by atomic mass is 10.0. The molecule has 2 N–H and O–H groups in total. The highest BCUT2D eigenvalue weighted by molar-refractivity contribution is 6.15. The number of aliphatic imine (C=N–C) groups is 1. The molecular weight excluding hydrogens is 332 g/mol. The highest BCUT2D eigenvalue weighted by Gasteiger charge is 2.20. The predicted molar refractivity (Wildman–Crippen MR) is 93.1 cm³/mol. The van der Waals surface area contributed by atoms with E-state index in [-0.39, 0.29) is 17.0 Å². The molecule has 3 heterocycles. The van der Waals surface area contributed by atoms with E-state index in [0.29, 0.717) is 12.2 Å². The van der Waals surface area contributed by atoms with Crippen molar-refractivity contribution in [2.45, 2.75) is 6.54 Å². The maximum atomic E-state index is 12.4. The molecule has 1 amide bonds. The van der Waals surface area contributed by atoms with Gasteiger partial charge in [0.2, 0.25) is 0 Å². The number of rotatable bonds is 3. The van der Waals surface area contributed by atoms with Crippen LogP contribution in [0.3, 0.4) is 0 Å². The third-order valence-corrected chi connectivity index (χ3v) is 4.04. The van der Waals surface area contributed by atoms with Crippen LogP contribution in [0.25, 0.3) is 0 Å². The van der Waals surface area contributed by atoms with Crippen LogP contribution in [0.1, 0.15) is 32.7 Å². The summed E-state index contributed by atoms with van der Waals surface area (Å²) in [5.74, 6) is -0.907. The Bertz CT molecular complexity index is 1080. The summed E-state index contributed by atoms with van der Waals surface area (Å²) in [6, 6.07) is 10.4. The van der Waals surface area contributed by atoms with Gasteiger partial charge in [-0.3, -0.25) is 9.79 Å². The van der Waals surface area contributed by atoms with Gasteiger partial charge in [-0.1, -0.05) is 6.07 Å². The van der Waals surface area contributed by atoms with Crippen molar-refractivity contribution in [1.82, 2.24) is 4.98 Å². The van der Waals surface area contributed by atoms with Gasteiger partial charge in [-0.25, -0.2) is 4.98 Å². The number of aromatic nitrogens is 1. The number of nitriles is 1. The number of hydrogen-bond donors (Lipinski definition) is 2. The smallest absolute Gasteiger partial charge is 0.278 e. The van der Waals surface area contributed by atoms with Crippen LogP contribution >= 0.6 is 0 Å². The Morgan fingerprint density at radius 2 is 2.19 bits per heavy atom. The normalized spacial score (nSPS) is 12.2. The van der Waals surface area contributed by atoms with Gasteiger partial charge in [-0.05, 0) is 23.8 Å². The molecule has 7 heteroatoms. The molecule has 0 saturated carbocycles. The van der Waals surface area contributed by atoms with E-state index in [0.717, 1.165) is 22.4 Å². The molecule has 7 nitrogen and oxygen atoms in total. The zero-order valence-corrected chi connectivity index (χ0v) is 13.4. The van der Waals surface area contributed by atoms with Gasteiger partial charge in [0.25, 0.3) is 5.91 Å². The zero-order chi connectivity index (χ0) is 18.1. The molecule has 0 aliphatic carbocycles. The van der Waals surface area contributed by atoms with Crippen LogP contribution in [0.5, 0.6) is 5.75 Å². The number of aromatic hydroxyl groups is 1. The van der Waals surface area contributed by atoms with Gasteiger partial charge in [-0.2, -0.15) is 5.26 Å². The van der Waals surface area contributed by atoms with E-state index >= 15 is 0 Å². The number of amides is 1. The van der Waals surface area contributed by atoms with E-state index in [4.69, 9.17) is 9.68 Å². The van der Waals surface area contributed by atoms with E-state index in [2.05, 4.69) is 15.3 Å². The van der Waals surface area contributed by atoms with Crippen LogP contribution in [-0.4, -0.2) is 21.7 Å². The van der Waals surface area contributed by atoms with Crippen LogP contribution in [0.4, 0.5) is 5.69 Å². The second kappa shape index (κ2) is 6.18. The minimum absolute atomic E-state index is 0.145. The van der Waals surface area contributed by atoms with Crippen molar-refractivity contribution in [1.29, 1.82) is 5.26 Å². The van der Waals surface area contributed by atoms with Crippen molar-refractivity contribution in [2.75, 3.05) is 5.32 Å². The SMILES string of the molecule is N#Cc1cnc(C(=O)Nc2ccc3c(c2)C(c2ccoc2)=NC3)c(O)c1. The summed E-state index contributed by atoms with van der Waals surface area (Å²) < 4.78 is 5.12. The van der Waals surface area contributed by atoms with Crippen LogP contribution in [0, 0.1) is 11.3 Å². The van der Waals surface area contributed by atoms with Crippen molar-refractivity contribution in [3.63, 3.8) is 0 Å². The van der Waals surface area contributed by atoms with Crippen molar-refractivity contribution in [3.8, 4) is 11.8 Å². The minimum atomic E-state index is -0.563. The lowest BCUT2D eigenvalue weighted by Crippen LogP contribution is -2.14. The summed E-state index contributed by atoms with van der Waals surface area (Å²) in [4.78, 5) is 20.8. The molecule has 0 spiro atoms. The molecule has 0 atom stereocenters. The topological polar surface area (TPSA) is 112 Å². The Balaban J connectivity index is 1.61. The highest BCUT2D eigenvalue weighted by Crippen LogP contribution is 2.27. The second-order valence-electron chi connectivity index (χ2n) is 5.71. The molecule has 1 aromatic carbocycles. The first kappa shape index (κ1) is 15.6. The second-order valence-corrected chi connectivity index (χ2v) is 5.71. The molecular formula is C19H12N4O3. The van der Waals surface area contributed by atoms with Crippen molar-refractivity contribution in [3.05, 3.63) is 77.0 Å². The summed E-state index contributed by atoms with van der Waals surface area (Å²) in [5, 5.41) is 21.4. The number of nitrogens with one attached hydrogen (secondary N) is 1. The molecule has 2 aromatic heterocycles. The number of furan rings is 1. The molecule has 4 rings (SSSR count). The van der Waals surface area contributed by atoms with Gasteiger partial charge in [-0.15, -0.1) is 0 Å². The van der Waals surface area contributed by atoms with Gasteiger partial charge in [0.1, 0.15) is 11.8 Å². The Labute approximate surface area is 148 Å². The van der Waals surface area contributed by atoms with Gasteiger partial charge >= 0.3 is 0 Å². The third-order valence-electron chi connectivity index (χ3n) is 4.04. The van der Waals surface area contributed by atoms with Gasteiger partial charge in [0.15, 0.2) is 5.69 Å². The maximum Gasteiger partial charge on any atom is 0.278 e. The van der Waals surface area contributed by atoms with Gasteiger partial charge in [0, 0.05) is 29.1 Å². The number of anilines is 1. The summed E-state index contributed by atoms with van der Waals surface area (Å²) in [6.45, 7) is 0.571. The van der Waals surface area contributed by atoms with E-state index < -0.39 is 5.91 Å². The molecule has 26 heavy (non-hydrogen) atoms. The standard InChI is InChI=1S/C19H12N4O3/c20-7-11-5-16(24)18(21-8-11)19(25)23-14-2-1-12-9-22-17(15(12)6-14)13-3-4-26-10-13/h1-6,8,10,24H,9H2,(H,23,25). The number of hydrogen-bond acceptors (Lipinski definition) is 6. The quantitative estimate of drug-likeness (QED) is 0.759. The summed E-state index contributed by atoms with van der Waals surface area (Å²) in [7, 11) is 0. The molecule has 0 saturated heterocycles. The molecule has 0 bridgehead atoms. The fraction of sp³-hybridized carbons (Fsp3) is 0.0526. The summed E-state index contributed by atoms with van der Waals surface area (Å²) in [6.07, 6.45) is 4.44. The molecule has 1 aliphatic rings. The first-order chi connectivity index (χ1) is 12.7. The fourth-order valence-electron chi connectivity index (χ4n) is 2.79. The van der Waals surface area contributed by atoms with E-state index in [1.807, 2.05) is 24.3 Å². The number of fused-ring (bicyclic) bond motifs is 1. The Morgan fingerprint density at radius 1 is 1.31 bits per heavy atom. The van der Waals surface area contributed by atoms with Crippen molar-refractivity contribution < 1.29 is 14.3 Å². The van der Waals surface area contributed by atoms with Gasteiger partial charge in [0.05, 0.1) is 30.3 Å². The Hall–Kier alpha value is -3.92. The Kier molecular flexibility index (Phi) is 3.71. The first-order valence-electron chi connectivity index (χ1n) is 7.76. The van der Waals surface area contributed by atoms with Gasteiger partial charge < -0.3 is 14.8 Å². The zero-order valence-electron chi connectivity index (χ0n) is 13.4. The molecule has 0 unspecified atom stereocenters. The minimum Gasteiger partial charge on any atom is -0.505 e. The summed E-state index contributed by atoms with van der Waals surface area (Å²) in [5.41, 5.74) is 4.24. The Morgan fingerprint density at radius 3 is 2.92 bits per heavy atom. The van der Waals surface area contributed by atoms with E-state index in [1.54, 1.807) is 18.6 Å². The number of pyridine rings is 1. The van der Waals surface area contributed by atoms with Crippen LogP contribution in [0.15, 0.2) is 58.5 Å². The number of carbonyl (C=O) groups is 1. The van der Waals surface area contributed by atoms with E-state index in [1.165, 1.54) is 12.3 Å². The lowest BCUT2D eigenvalue weighted by molar-refractivity contribution is 0.101. The predicted octanol–water partition coefficient (Wildman–Crippen LogP) is 2.86. The van der Waals surface area contributed by atoms with E-state index in [9.17, 15) is 9.90 Å². The molecule has 3 aromatic rings. The largest absolute Gasteiger partial charge is 0.505 e. The number of nitrogens with zero attached hydrogens (tertiary/aromatic N) is 3. The highest BCUT2D eigenvalue weighted by atomic mass is 16.3. The van der Waals surface area contributed by atoms with Crippen molar-refractivity contribution in [2.24, 2.45) is 4.99 Å². The maximum absolute atomic E-state index is 12.4. The number of carbonyl (C=O) groups excluding carboxylic acids is 1. The average Bonchev–Trinajstić information content (AvgIpc) is 3.30. The first-order valence-corrected chi connectivity index (χ1v) is 7.76. The van der Waals surface area contributed by atoms with Crippen LogP contribution in [0.2, 0.25) is 0 Å². The lowest BCUT2D eigenvalue weighted by Gasteiger charge is -2.09. The summed E-state index contributed by atoms with van der Waals surface area (Å²) >= 11 is 0. The molecule has 0 fully saturated rings. The fourth-order valence-corrected chi connectivity index (χ4v) is 2.79. The molecule has 126 valence electrons. The van der Waals surface area contributed by atoms with Crippen LogP contribution in [-0.2, 0) is 6.54 Å². The number of benzene rings is 1. The van der Waals surface area contributed by atoms with Crippen LogP contribution < -0.4 is 5.32 Å². The monoisotopic (exact) mass is 344 g/mol. The average molecular weight is 344 g/mol. The third kappa shape index (κ3) is 2.70. The molecule has 0 radical (unpaired) electrons. The van der Waals surface area contributed by atoms with Crippen molar-refractivity contribution >= 4 is 17.3 Å². The molecule has 1 aliphatic heterocycles.